The van der Waals surface area contributed by atoms with Gasteiger partial charge in [0, 0.05) is 22.7 Å². The second kappa shape index (κ2) is 5.27. The maximum Gasteiger partial charge on any atom is 0.159 e. The third-order valence-corrected chi connectivity index (χ3v) is 3.31. The maximum absolute atomic E-state index is 13.3. The Kier molecular flexibility index (Phi) is 3.88. The molecule has 100 valence electrons. The molecule has 0 aliphatic heterocycles. The zero-order valence-corrected chi connectivity index (χ0v) is 11.5. The van der Waals surface area contributed by atoms with Crippen LogP contribution in [-0.4, -0.2) is 0 Å². The van der Waals surface area contributed by atoms with Gasteiger partial charge in [-0.25, -0.2) is 8.78 Å². The van der Waals surface area contributed by atoms with Crippen LogP contribution >= 0.6 is 11.6 Å². The van der Waals surface area contributed by atoms with E-state index in [9.17, 15) is 8.78 Å². The molecule has 0 aliphatic carbocycles. The number of benzene rings is 2. The Morgan fingerprint density at radius 2 is 1.58 bits per heavy atom. The van der Waals surface area contributed by atoms with E-state index >= 15 is 0 Å². The molecule has 0 saturated carbocycles. The zero-order valence-electron chi connectivity index (χ0n) is 10.8. The normalized spacial score (nSPS) is 11.6. The summed E-state index contributed by atoms with van der Waals surface area (Å²) in [6, 6.07) is 11.4. The van der Waals surface area contributed by atoms with E-state index in [1.54, 1.807) is 18.2 Å². The molecule has 0 radical (unpaired) electrons. The second-order valence-electron chi connectivity index (χ2n) is 5.05. The van der Waals surface area contributed by atoms with E-state index in [1.807, 2.05) is 31.3 Å². The summed E-state index contributed by atoms with van der Waals surface area (Å²) in [5, 5.41) is 2.67. The van der Waals surface area contributed by atoms with E-state index in [0.29, 0.717) is 5.02 Å². The van der Waals surface area contributed by atoms with Crippen molar-refractivity contribution in [2.75, 3.05) is 0 Å². The summed E-state index contributed by atoms with van der Waals surface area (Å²) in [4.78, 5) is 0. The number of hydrogen-bond acceptors (Lipinski definition) is 0. The van der Waals surface area contributed by atoms with Gasteiger partial charge in [0.1, 0.15) is 11.2 Å². The molecule has 0 saturated heterocycles. The lowest BCUT2D eigenvalue weighted by atomic mass is 9.93. The summed E-state index contributed by atoms with van der Waals surface area (Å²) in [5.74, 6) is -1.65. The molecule has 0 fully saturated rings. The van der Waals surface area contributed by atoms with Crippen LogP contribution in [0.1, 0.15) is 19.4 Å². The van der Waals surface area contributed by atoms with E-state index < -0.39 is 17.2 Å². The predicted octanol–water partition coefficient (Wildman–Crippen LogP) is 3.75. The van der Waals surface area contributed by atoms with Crippen LogP contribution in [0.5, 0.6) is 0 Å². The van der Waals surface area contributed by atoms with Crippen molar-refractivity contribution < 1.29 is 14.1 Å². The minimum Gasteiger partial charge on any atom is -0.306 e. The SMILES string of the molecule is CC(C)([NH2+]c1ccc(Cl)cc1)c1ccc(F)c(F)c1. The summed E-state index contributed by atoms with van der Waals surface area (Å²) in [6.07, 6.45) is 0. The smallest absolute Gasteiger partial charge is 0.159 e. The molecular weight excluding hydrogens is 268 g/mol. The fraction of sp³-hybridized carbons (Fsp3) is 0.200. The summed E-state index contributed by atoms with van der Waals surface area (Å²) in [6.45, 7) is 3.91. The van der Waals surface area contributed by atoms with Crippen molar-refractivity contribution in [1.29, 1.82) is 0 Å². The van der Waals surface area contributed by atoms with E-state index in [4.69, 9.17) is 11.6 Å². The monoisotopic (exact) mass is 282 g/mol. The highest BCUT2D eigenvalue weighted by molar-refractivity contribution is 6.30. The number of rotatable bonds is 3. The third kappa shape index (κ3) is 3.31. The number of nitrogens with two attached hydrogens (primary N) is 1. The van der Waals surface area contributed by atoms with E-state index in [0.717, 1.165) is 17.3 Å². The third-order valence-electron chi connectivity index (χ3n) is 3.06. The first-order valence-corrected chi connectivity index (χ1v) is 6.33. The summed E-state index contributed by atoms with van der Waals surface area (Å²) in [7, 11) is 0. The molecule has 0 bridgehead atoms. The van der Waals surface area contributed by atoms with Gasteiger partial charge in [-0.05, 0) is 44.2 Å². The van der Waals surface area contributed by atoms with E-state index in [1.165, 1.54) is 6.07 Å². The van der Waals surface area contributed by atoms with Gasteiger partial charge >= 0.3 is 0 Å². The maximum atomic E-state index is 13.3. The van der Waals surface area contributed by atoms with Crippen LogP contribution in [0.4, 0.5) is 14.5 Å². The van der Waals surface area contributed by atoms with Gasteiger partial charge in [-0.2, -0.15) is 0 Å². The van der Waals surface area contributed by atoms with Crippen molar-refractivity contribution in [2.24, 2.45) is 0 Å². The molecule has 19 heavy (non-hydrogen) atoms. The second-order valence-corrected chi connectivity index (χ2v) is 5.48. The Morgan fingerprint density at radius 1 is 0.947 bits per heavy atom. The lowest BCUT2D eigenvalue weighted by Gasteiger charge is -2.23. The van der Waals surface area contributed by atoms with E-state index in [2.05, 4.69) is 0 Å². The number of quaternary nitrogens is 1. The molecule has 2 aromatic rings. The van der Waals surface area contributed by atoms with Crippen LogP contribution in [0.3, 0.4) is 0 Å². The van der Waals surface area contributed by atoms with Gasteiger partial charge in [0.15, 0.2) is 11.6 Å². The predicted molar refractivity (Wildman–Crippen MR) is 72.4 cm³/mol. The Balaban J connectivity index is 2.26. The Bertz CT molecular complexity index is 579. The van der Waals surface area contributed by atoms with Gasteiger partial charge in [-0.3, -0.25) is 0 Å². The highest BCUT2D eigenvalue weighted by Gasteiger charge is 2.26. The molecule has 2 N–H and O–H groups in total. The van der Waals surface area contributed by atoms with Crippen molar-refractivity contribution in [1.82, 2.24) is 0 Å². The highest BCUT2D eigenvalue weighted by atomic mass is 35.5. The van der Waals surface area contributed by atoms with Crippen molar-refractivity contribution >= 4 is 17.3 Å². The molecular formula is C15H15ClF2N+. The van der Waals surface area contributed by atoms with Crippen LogP contribution in [-0.2, 0) is 5.54 Å². The molecule has 0 atom stereocenters. The van der Waals surface area contributed by atoms with Crippen LogP contribution in [0, 0.1) is 11.6 Å². The molecule has 0 unspecified atom stereocenters. The van der Waals surface area contributed by atoms with Crippen LogP contribution in [0.25, 0.3) is 0 Å². The van der Waals surface area contributed by atoms with Crippen LogP contribution in [0.2, 0.25) is 5.02 Å². The minimum absolute atomic E-state index is 0.400. The number of hydrogen-bond donors (Lipinski definition) is 1. The molecule has 0 spiro atoms. The first-order valence-electron chi connectivity index (χ1n) is 5.95. The van der Waals surface area contributed by atoms with Gasteiger partial charge in [0.2, 0.25) is 0 Å². The molecule has 0 heterocycles. The minimum atomic E-state index is -0.828. The molecule has 0 aliphatic rings. The molecule has 0 aromatic heterocycles. The molecule has 1 nitrogen and oxygen atoms in total. The van der Waals surface area contributed by atoms with Gasteiger partial charge < -0.3 is 5.32 Å². The average molecular weight is 283 g/mol. The summed E-state index contributed by atoms with van der Waals surface area (Å²) >= 11 is 5.83. The average Bonchev–Trinajstić information content (AvgIpc) is 2.35. The largest absolute Gasteiger partial charge is 0.306 e. The van der Waals surface area contributed by atoms with Crippen molar-refractivity contribution in [2.45, 2.75) is 19.4 Å². The first kappa shape index (κ1) is 14.0. The van der Waals surface area contributed by atoms with E-state index in [-0.39, 0.29) is 0 Å². The summed E-state index contributed by atoms with van der Waals surface area (Å²) < 4.78 is 26.3. The van der Waals surface area contributed by atoms with Gasteiger partial charge in [0.05, 0.1) is 0 Å². The molecule has 4 heteroatoms. The van der Waals surface area contributed by atoms with Gasteiger partial charge in [0.25, 0.3) is 0 Å². The fourth-order valence-corrected chi connectivity index (χ4v) is 2.08. The summed E-state index contributed by atoms with van der Waals surface area (Å²) in [5.41, 5.74) is 1.31. The number of halogens is 3. The topological polar surface area (TPSA) is 16.6 Å². The molecule has 0 amide bonds. The Morgan fingerprint density at radius 3 is 2.16 bits per heavy atom. The lowest BCUT2D eigenvalue weighted by Crippen LogP contribution is -2.88. The fourth-order valence-electron chi connectivity index (χ4n) is 1.96. The standard InChI is InChI=1S/C15H14ClF2N/c1-15(2,10-3-8-13(17)14(18)9-10)19-12-6-4-11(16)5-7-12/h3-9,19H,1-2H3/p+1. The van der Waals surface area contributed by atoms with Crippen LogP contribution < -0.4 is 5.32 Å². The first-order chi connectivity index (χ1) is 8.88. The Labute approximate surface area is 116 Å². The zero-order chi connectivity index (χ0) is 14.0. The molecule has 2 aromatic carbocycles. The van der Waals surface area contributed by atoms with Gasteiger partial charge in [-0.1, -0.05) is 11.6 Å². The van der Waals surface area contributed by atoms with Crippen molar-refractivity contribution in [3.05, 3.63) is 64.7 Å². The van der Waals surface area contributed by atoms with Crippen molar-refractivity contribution in [3.8, 4) is 0 Å². The lowest BCUT2D eigenvalue weighted by molar-refractivity contribution is -0.656. The highest BCUT2D eigenvalue weighted by Crippen LogP contribution is 2.20. The van der Waals surface area contributed by atoms with Crippen LogP contribution in [0.15, 0.2) is 42.5 Å². The quantitative estimate of drug-likeness (QED) is 0.826. The molecule has 2 rings (SSSR count). The van der Waals surface area contributed by atoms with Gasteiger partial charge in [-0.15, -0.1) is 0 Å². The Hall–Kier alpha value is -1.45. The van der Waals surface area contributed by atoms with Crippen molar-refractivity contribution in [3.63, 3.8) is 0 Å².